The molecule has 9 heteroatoms. The Morgan fingerprint density at radius 3 is 2.38 bits per heavy atom. The highest BCUT2D eigenvalue weighted by Gasteiger charge is 2.72. The Morgan fingerprint density at radius 2 is 1.69 bits per heavy atom. The van der Waals surface area contributed by atoms with Crippen LogP contribution in [0.5, 0.6) is 0 Å². The first-order valence-electron chi connectivity index (χ1n) is 19.7. The SMILES string of the molecule is CC1(C)CCC[C@](C)([C@@H]2CC[C@]3(C)[C@@H]2[C@H](O)C[C@@H]2[C@@]4(C)CC[C@H](OC(=O)CSc5nc(-c6ccccc6)c(C#N)c(=O)[nH]5)C(C)(C)[C@@H]4CC[C@]23C)O1. The number of rotatable bonds is 6. The van der Waals surface area contributed by atoms with Crippen LogP contribution in [0.4, 0.5) is 0 Å². The van der Waals surface area contributed by atoms with Crippen molar-refractivity contribution >= 4 is 17.7 Å². The molecule has 5 fully saturated rings. The lowest BCUT2D eigenvalue weighted by molar-refractivity contribution is -0.258. The first-order chi connectivity index (χ1) is 24.4. The van der Waals surface area contributed by atoms with Crippen LogP contribution in [0, 0.1) is 56.7 Å². The van der Waals surface area contributed by atoms with Crippen LogP contribution < -0.4 is 5.56 Å². The zero-order valence-electron chi connectivity index (χ0n) is 32.5. The van der Waals surface area contributed by atoms with Gasteiger partial charge < -0.3 is 19.6 Å². The number of nitrogens with zero attached hydrogens (tertiary/aromatic N) is 2. The molecule has 2 N–H and O–H groups in total. The molecule has 0 radical (unpaired) electrons. The number of esters is 1. The Labute approximate surface area is 314 Å². The van der Waals surface area contributed by atoms with Crippen LogP contribution in [-0.4, -0.2) is 50.2 Å². The highest BCUT2D eigenvalue weighted by molar-refractivity contribution is 7.99. The molecular formula is C43H59N3O5S. The number of aliphatic hydroxyl groups excluding tert-OH is 1. The third-order valence-corrected chi connectivity index (χ3v) is 16.6. The lowest BCUT2D eigenvalue weighted by atomic mass is 9.35. The Hall–Kier alpha value is -2.67. The topological polar surface area (TPSA) is 125 Å². The normalized spacial score (nSPS) is 40.5. The van der Waals surface area contributed by atoms with E-state index < -0.39 is 5.56 Å². The first-order valence-corrected chi connectivity index (χ1v) is 20.7. The second-order valence-corrected chi connectivity index (χ2v) is 20.2. The van der Waals surface area contributed by atoms with Gasteiger partial charge >= 0.3 is 5.97 Å². The van der Waals surface area contributed by atoms with Gasteiger partial charge in [0.25, 0.3) is 5.56 Å². The second kappa shape index (κ2) is 13.0. The van der Waals surface area contributed by atoms with Crippen LogP contribution in [0.25, 0.3) is 11.3 Å². The van der Waals surface area contributed by atoms with Gasteiger partial charge in [-0.3, -0.25) is 9.59 Å². The quantitative estimate of drug-likeness (QED) is 0.172. The number of aromatic nitrogens is 2. The van der Waals surface area contributed by atoms with Crippen molar-refractivity contribution in [3.63, 3.8) is 0 Å². The number of ether oxygens (including phenoxy) is 2. The summed E-state index contributed by atoms with van der Waals surface area (Å²) in [5.41, 5.74) is 0.00382. The Kier molecular flexibility index (Phi) is 9.39. The van der Waals surface area contributed by atoms with E-state index in [1.807, 2.05) is 36.4 Å². The number of aliphatic hydroxyl groups is 1. The molecule has 1 aromatic heterocycles. The van der Waals surface area contributed by atoms with Gasteiger partial charge in [0, 0.05) is 11.0 Å². The standard InChI is InChI=1S/C43H59N3O5S/c1-38(2)18-12-19-43(8,51-38)28-15-21-42(7)34(28)29(47)23-31-40(5)20-17-32(39(3,4)30(40)16-22-41(31,42)6)50-33(48)25-52-37-45-35(26-13-10-9-11-14-26)27(24-44)36(49)46-37/h9-11,13-14,28-32,34,47H,12,15-23,25H2,1-8H3,(H,45,46,49)/t28-,29-,30+,31-,32+,34+,40+,41-,42-,43-/m1/s1. The number of fused-ring (bicyclic) bond motifs is 5. The number of nitriles is 1. The summed E-state index contributed by atoms with van der Waals surface area (Å²) in [4.78, 5) is 33.4. The van der Waals surface area contributed by atoms with Crippen molar-refractivity contribution < 1.29 is 19.4 Å². The van der Waals surface area contributed by atoms with Crippen molar-refractivity contribution in [2.75, 3.05) is 5.75 Å². The minimum atomic E-state index is -0.522. The molecule has 4 saturated carbocycles. The van der Waals surface area contributed by atoms with Crippen LogP contribution in [0.1, 0.15) is 125 Å². The molecule has 2 aromatic rings. The summed E-state index contributed by atoms with van der Waals surface area (Å²) in [6.07, 6.45) is 9.81. The monoisotopic (exact) mass is 729 g/mol. The third-order valence-electron chi connectivity index (χ3n) is 15.7. The number of hydrogen-bond donors (Lipinski definition) is 2. The number of benzene rings is 1. The number of nitrogens with one attached hydrogen (secondary N) is 1. The molecule has 2 heterocycles. The highest BCUT2D eigenvalue weighted by atomic mass is 32.2. The van der Waals surface area contributed by atoms with Gasteiger partial charge in [-0.25, -0.2) is 4.98 Å². The smallest absolute Gasteiger partial charge is 0.316 e. The van der Waals surface area contributed by atoms with Crippen LogP contribution in [0.15, 0.2) is 40.3 Å². The van der Waals surface area contributed by atoms with E-state index in [0.29, 0.717) is 29.0 Å². The van der Waals surface area contributed by atoms with Crippen molar-refractivity contribution in [2.24, 2.45) is 45.3 Å². The van der Waals surface area contributed by atoms with Crippen LogP contribution in [0.3, 0.4) is 0 Å². The van der Waals surface area contributed by atoms with Crippen molar-refractivity contribution in [1.82, 2.24) is 9.97 Å². The number of carbonyl (C=O) groups excluding carboxylic acids is 1. The van der Waals surface area contributed by atoms with Gasteiger partial charge in [-0.1, -0.05) is 76.7 Å². The van der Waals surface area contributed by atoms with E-state index in [1.165, 1.54) is 6.42 Å². The molecule has 282 valence electrons. The van der Waals surface area contributed by atoms with Gasteiger partial charge in [0.1, 0.15) is 17.7 Å². The fourth-order valence-corrected chi connectivity index (χ4v) is 13.9. The molecule has 5 aliphatic rings. The number of carbonyl (C=O) groups is 1. The first kappa shape index (κ1) is 37.6. The Morgan fingerprint density at radius 1 is 0.981 bits per heavy atom. The molecule has 0 amide bonds. The largest absolute Gasteiger partial charge is 0.461 e. The van der Waals surface area contributed by atoms with Crippen molar-refractivity contribution in [2.45, 2.75) is 148 Å². The third kappa shape index (κ3) is 5.89. The van der Waals surface area contributed by atoms with Gasteiger partial charge in [0.2, 0.25) is 0 Å². The van der Waals surface area contributed by atoms with Gasteiger partial charge in [-0.05, 0) is 125 Å². The second-order valence-electron chi connectivity index (χ2n) is 19.2. The van der Waals surface area contributed by atoms with E-state index in [9.17, 15) is 20.0 Å². The van der Waals surface area contributed by atoms with E-state index in [2.05, 4.69) is 65.4 Å². The summed E-state index contributed by atoms with van der Waals surface area (Å²) in [5.74, 6) is 1.01. The van der Waals surface area contributed by atoms with Gasteiger partial charge in [0.15, 0.2) is 5.16 Å². The van der Waals surface area contributed by atoms with Crippen LogP contribution in [0.2, 0.25) is 0 Å². The molecule has 1 aromatic carbocycles. The summed E-state index contributed by atoms with van der Waals surface area (Å²) in [6.45, 7) is 19.0. The molecular weight excluding hydrogens is 671 g/mol. The fraction of sp³-hybridized carbons (Fsp3) is 0.721. The number of H-pyrrole nitrogens is 1. The molecule has 1 aliphatic heterocycles. The van der Waals surface area contributed by atoms with Gasteiger partial charge in [-0.15, -0.1) is 0 Å². The predicted octanol–water partition coefficient (Wildman–Crippen LogP) is 8.71. The van der Waals surface area contributed by atoms with E-state index in [1.54, 1.807) is 0 Å². The summed E-state index contributed by atoms with van der Waals surface area (Å²) in [6, 6.07) is 11.1. The minimum Gasteiger partial charge on any atom is -0.461 e. The molecule has 8 nitrogen and oxygen atoms in total. The van der Waals surface area contributed by atoms with Gasteiger partial charge in [0.05, 0.1) is 28.8 Å². The summed E-state index contributed by atoms with van der Waals surface area (Å²) in [5, 5.41) is 22.2. The van der Waals surface area contributed by atoms with Crippen LogP contribution in [-0.2, 0) is 14.3 Å². The molecule has 0 spiro atoms. The average Bonchev–Trinajstić information content (AvgIpc) is 3.46. The fourth-order valence-electron chi connectivity index (χ4n) is 13.2. The maximum Gasteiger partial charge on any atom is 0.316 e. The zero-order valence-corrected chi connectivity index (χ0v) is 33.3. The van der Waals surface area contributed by atoms with Crippen LogP contribution >= 0.6 is 11.8 Å². The zero-order chi connectivity index (χ0) is 37.5. The average molecular weight is 730 g/mol. The molecule has 4 aliphatic carbocycles. The number of hydrogen-bond acceptors (Lipinski definition) is 8. The summed E-state index contributed by atoms with van der Waals surface area (Å²) >= 11 is 1.13. The van der Waals surface area contributed by atoms with E-state index in [4.69, 9.17) is 9.47 Å². The van der Waals surface area contributed by atoms with Crippen molar-refractivity contribution in [1.29, 1.82) is 5.26 Å². The lowest BCUT2D eigenvalue weighted by Gasteiger charge is -2.70. The maximum atomic E-state index is 13.4. The Balaban J connectivity index is 1.06. The van der Waals surface area contributed by atoms with E-state index >= 15 is 0 Å². The molecule has 1 saturated heterocycles. The van der Waals surface area contributed by atoms with E-state index in [-0.39, 0.29) is 73.4 Å². The minimum absolute atomic E-state index is 0.00516. The lowest BCUT2D eigenvalue weighted by Crippen LogP contribution is -2.67. The molecule has 0 bridgehead atoms. The Bertz CT molecular complexity index is 1800. The van der Waals surface area contributed by atoms with Crippen molar-refractivity contribution in [3.05, 3.63) is 46.2 Å². The number of aromatic amines is 1. The number of thioether (sulfide) groups is 1. The van der Waals surface area contributed by atoms with E-state index in [0.717, 1.165) is 69.5 Å². The highest BCUT2D eigenvalue weighted by Crippen LogP contribution is 2.76. The summed E-state index contributed by atoms with van der Waals surface area (Å²) in [7, 11) is 0. The van der Waals surface area contributed by atoms with Gasteiger partial charge in [-0.2, -0.15) is 5.26 Å². The molecule has 0 unspecified atom stereocenters. The molecule has 10 atom stereocenters. The van der Waals surface area contributed by atoms with Crippen molar-refractivity contribution in [3.8, 4) is 17.3 Å². The molecule has 7 rings (SSSR count). The maximum absolute atomic E-state index is 13.4. The summed E-state index contributed by atoms with van der Waals surface area (Å²) < 4.78 is 13.2. The molecule has 52 heavy (non-hydrogen) atoms. The predicted molar refractivity (Wildman–Crippen MR) is 203 cm³/mol.